The number of nitrogens with zero attached hydrogens (tertiary/aromatic N) is 2. The summed E-state index contributed by atoms with van der Waals surface area (Å²) in [5.41, 5.74) is 0.820. The van der Waals surface area contributed by atoms with Crippen LogP contribution in [0.5, 0.6) is 0 Å². The van der Waals surface area contributed by atoms with E-state index >= 15 is 0 Å². The summed E-state index contributed by atoms with van der Waals surface area (Å²) in [6.45, 7) is 1.06. The number of halogens is 1. The second kappa shape index (κ2) is 9.30. The second-order valence-corrected chi connectivity index (χ2v) is 7.44. The zero-order chi connectivity index (χ0) is 19.0. The van der Waals surface area contributed by atoms with Crippen LogP contribution in [0.15, 0.2) is 64.5 Å². The molecular formula is C18H23FN4O2S. The summed E-state index contributed by atoms with van der Waals surface area (Å²) < 4.78 is 40.1. The van der Waals surface area contributed by atoms with Gasteiger partial charge in [0.2, 0.25) is 10.0 Å². The Morgan fingerprint density at radius 1 is 1.12 bits per heavy atom. The van der Waals surface area contributed by atoms with Gasteiger partial charge in [0.15, 0.2) is 5.96 Å². The quantitative estimate of drug-likeness (QED) is 0.438. The zero-order valence-corrected chi connectivity index (χ0v) is 15.6. The molecule has 2 rings (SSSR count). The first-order chi connectivity index (χ1) is 12.4. The van der Waals surface area contributed by atoms with Crippen molar-refractivity contribution in [2.45, 2.75) is 11.4 Å². The largest absolute Gasteiger partial charge is 0.355 e. The predicted molar refractivity (Wildman–Crippen MR) is 101 cm³/mol. The van der Waals surface area contributed by atoms with E-state index in [0.29, 0.717) is 19.0 Å². The number of nitrogens with one attached hydrogen (secondary N) is 2. The molecule has 0 unspecified atom stereocenters. The smallest absolute Gasteiger partial charge is 0.240 e. The van der Waals surface area contributed by atoms with Gasteiger partial charge in [-0.15, -0.1) is 0 Å². The minimum absolute atomic E-state index is 0.212. The maximum absolute atomic E-state index is 13.3. The van der Waals surface area contributed by atoms with Gasteiger partial charge in [0, 0.05) is 33.7 Å². The van der Waals surface area contributed by atoms with Gasteiger partial charge in [-0.3, -0.25) is 4.99 Å². The SMILES string of the molecule is CN=C(NCCNS(=O)(=O)c1ccccc1)N(C)Cc1cccc(F)c1. The molecule has 2 aromatic carbocycles. The molecule has 0 aromatic heterocycles. The number of hydrogen-bond donors (Lipinski definition) is 2. The Kier molecular flexibility index (Phi) is 7.11. The van der Waals surface area contributed by atoms with Crippen molar-refractivity contribution in [3.8, 4) is 0 Å². The Bertz CT molecular complexity index is 841. The number of benzene rings is 2. The average Bonchev–Trinajstić information content (AvgIpc) is 2.62. The molecule has 2 N–H and O–H groups in total. The first-order valence-electron chi connectivity index (χ1n) is 8.13. The van der Waals surface area contributed by atoms with Crippen LogP contribution < -0.4 is 10.0 Å². The number of hydrogen-bond acceptors (Lipinski definition) is 3. The standard InChI is InChI=1S/C18H23FN4O2S/c1-20-18(23(2)14-15-7-6-8-16(19)13-15)21-11-12-22-26(24,25)17-9-4-3-5-10-17/h3-10,13,22H,11-12,14H2,1-2H3,(H,20,21). The van der Waals surface area contributed by atoms with E-state index in [1.54, 1.807) is 43.4 Å². The van der Waals surface area contributed by atoms with Crippen LogP contribution in [0.1, 0.15) is 5.56 Å². The fourth-order valence-electron chi connectivity index (χ4n) is 2.41. The summed E-state index contributed by atoms with van der Waals surface area (Å²) >= 11 is 0. The van der Waals surface area contributed by atoms with E-state index in [-0.39, 0.29) is 17.3 Å². The van der Waals surface area contributed by atoms with E-state index < -0.39 is 10.0 Å². The second-order valence-electron chi connectivity index (χ2n) is 5.67. The highest BCUT2D eigenvalue weighted by molar-refractivity contribution is 7.89. The lowest BCUT2D eigenvalue weighted by Crippen LogP contribution is -2.42. The number of aliphatic imine (C=N–C) groups is 1. The van der Waals surface area contributed by atoms with E-state index in [2.05, 4.69) is 15.0 Å². The van der Waals surface area contributed by atoms with Crippen LogP contribution in [0, 0.1) is 5.82 Å². The highest BCUT2D eigenvalue weighted by Crippen LogP contribution is 2.07. The molecule has 0 saturated carbocycles. The zero-order valence-electron chi connectivity index (χ0n) is 14.8. The number of rotatable bonds is 7. The van der Waals surface area contributed by atoms with Gasteiger partial charge in [-0.05, 0) is 29.8 Å². The van der Waals surface area contributed by atoms with E-state index in [0.717, 1.165) is 5.56 Å². The van der Waals surface area contributed by atoms with Crippen molar-refractivity contribution < 1.29 is 12.8 Å². The van der Waals surface area contributed by atoms with Crippen LogP contribution in [0.25, 0.3) is 0 Å². The Hall–Kier alpha value is -2.45. The first-order valence-corrected chi connectivity index (χ1v) is 9.61. The van der Waals surface area contributed by atoms with Gasteiger partial charge in [0.05, 0.1) is 4.90 Å². The third-order valence-electron chi connectivity index (χ3n) is 3.64. The summed E-state index contributed by atoms with van der Waals surface area (Å²) in [5.74, 6) is 0.308. The highest BCUT2D eigenvalue weighted by Gasteiger charge is 2.12. The summed E-state index contributed by atoms with van der Waals surface area (Å²) in [4.78, 5) is 6.22. The van der Waals surface area contributed by atoms with Crippen molar-refractivity contribution in [1.82, 2.24) is 14.9 Å². The maximum Gasteiger partial charge on any atom is 0.240 e. The molecule has 6 nitrogen and oxygen atoms in total. The van der Waals surface area contributed by atoms with Crippen molar-refractivity contribution >= 4 is 16.0 Å². The molecule has 0 fully saturated rings. The van der Waals surface area contributed by atoms with Crippen molar-refractivity contribution in [2.75, 3.05) is 27.2 Å². The van der Waals surface area contributed by atoms with Crippen molar-refractivity contribution in [3.63, 3.8) is 0 Å². The Morgan fingerprint density at radius 2 is 1.85 bits per heavy atom. The van der Waals surface area contributed by atoms with Crippen molar-refractivity contribution in [2.24, 2.45) is 4.99 Å². The Morgan fingerprint density at radius 3 is 2.50 bits per heavy atom. The lowest BCUT2D eigenvalue weighted by Gasteiger charge is -2.22. The molecule has 0 aliphatic rings. The van der Waals surface area contributed by atoms with Gasteiger partial charge < -0.3 is 10.2 Å². The Labute approximate surface area is 153 Å². The molecule has 26 heavy (non-hydrogen) atoms. The van der Waals surface area contributed by atoms with Gasteiger partial charge >= 0.3 is 0 Å². The summed E-state index contributed by atoms with van der Waals surface area (Å²) in [7, 11) is -0.0584. The molecular weight excluding hydrogens is 355 g/mol. The molecule has 0 saturated heterocycles. The molecule has 0 spiro atoms. The minimum atomic E-state index is -3.52. The van der Waals surface area contributed by atoms with Gasteiger partial charge in [-0.1, -0.05) is 30.3 Å². The summed E-state index contributed by atoms with van der Waals surface area (Å²) in [6, 6.07) is 14.6. The van der Waals surface area contributed by atoms with Crippen molar-refractivity contribution in [1.29, 1.82) is 0 Å². The maximum atomic E-state index is 13.3. The topological polar surface area (TPSA) is 73.8 Å². The molecule has 0 bridgehead atoms. The van der Waals surface area contributed by atoms with Crippen LogP contribution in [0.4, 0.5) is 4.39 Å². The monoisotopic (exact) mass is 378 g/mol. The first kappa shape index (κ1) is 19.9. The van der Waals surface area contributed by atoms with Gasteiger partial charge in [-0.25, -0.2) is 17.5 Å². The Balaban J connectivity index is 1.83. The third kappa shape index (κ3) is 5.82. The third-order valence-corrected chi connectivity index (χ3v) is 5.11. The lowest BCUT2D eigenvalue weighted by molar-refractivity contribution is 0.475. The minimum Gasteiger partial charge on any atom is -0.355 e. The highest BCUT2D eigenvalue weighted by atomic mass is 32.2. The summed E-state index contributed by atoms with van der Waals surface area (Å²) in [5, 5.41) is 3.08. The molecule has 0 aliphatic heterocycles. The van der Waals surface area contributed by atoms with E-state index in [1.165, 1.54) is 12.1 Å². The van der Waals surface area contributed by atoms with E-state index in [1.807, 2.05) is 18.0 Å². The van der Waals surface area contributed by atoms with Gasteiger partial charge in [-0.2, -0.15) is 0 Å². The van der Waals surface area contributed by atoms with Crippen LogP contribution in [0.2, 0.25) is 0 Å². The fraction of sp³-hybridized carbons (Fsp3) is 0.278. The van der Waals surface area contributed by atoms with Gasteiger partial charge in [0.1, 0.15) is 5.82 Å². The molecule has 2 aromatic rings. The van der Waals surface area contributed by atoms with Crippen LogP contribution >= 0.6 is 0 Å². The molecule has 140 valence electrons. The van der Waals surface area contributed by atoms with Crippen LogP contribution in [-0.4, -0.2) is 46.5 Å². The molecule has 0 atom stereocenters. The molecule has 8 heteroatoms. The molecule has 0 heterocycles. The van der Waals surface area contributed by atoms with Crippen LogP contribution in [-0.2, 0) is 16.6 Å². The van der Waals surface area contributed by atoms with E-state index in [9.17, 15) is 12.8 Å². The lowest BCUT2D eigenvalue weighted by atomic mass is 10.2. The van der Waals surface area contributed by atoms with Crippen molar-refractivity contribution in [3.05, 3.63) is 66.0 Å². The predicted octanol–water partition coefficient (Wildman–Crippen LogP) is 1.81. The molecule has 0 aliphatic carbocycles. The number of guanidine groups is 1. The number of sulfonamides is 1. The molecule has 0 amide bonds. The average molecular weight is 378 g/mol. The van der Waals surface area contributed by atoms with Gasteiger partial charge in [0.25, 0.3) is 0 Å². The fourth-order valence-corrected chi connectivity index (χ4v) is 3.46. The summed E-state index contributed by atoms with van der Waals surface area (Å²) in [6.07, 6.45) is 0. The normalized spacial score (nSPS) is 12.0. The van der Waals surface area contributed by atoms with Crippen LogP contribution in [0.3, 0.4) is 0 Å². The molecule has 0 radical (unpaired) electrons. The van der Waals surface area contributed by atoms with E-state index in [4.69, 9.17) is 0 Å².